The zero-order valence-electron chi connectivity index (χ0n) is 12.9. The maximum Gasteiger partial charge on any atom is 0.0727 e. The molecule has 3 nitrogen and oxygen atoms in total. The SMILES string of the molecule is Cc1cc(NCCCC2CCCC2)c2cc(N)ccc2n1. The molecule has 1 aromatic heterocycles. The van der Waals surface area contributed by atoms with Crippen molar-refractivity contribution in [3.8, 4) is 0 Å². The molecule has 3 rings (SSSR count). The molecule has 1 aliphatic rings. The summed E-state index contributed by atoms with van der Waals surface area (Å²) in [6.07, 6.45) is 8.35. The van der Waals surface area contributed by atoms with Gasteiger partial charge < -0.3 is 11.1 Å². The Labute approximate surface area is 127 Å². The van der Waals surface area contributed by atoms with Crippen LogP contribution in [0.2, 0.25) is 0 Å². The smallest absolute Gasteiger partial charge is 0.0727 e. The van der Waals surface area contributed by atoms with E-state index in [0.717, 1.165) is 40.4 Å². The van der Waals surface area contributed by atoms with Gasteiger partial charge in [0.1, 0.15) is 0 Å². The lowest BCUT2D eigenvalue weighted by molar-refractivity contribution is 0.491. The third kappa shape index (κ3) is 3.46. The largest absolute Gasteiger partial charge is 0.399 e. The van der Waals surface area contributed by atoms with Gasteiger partial charge in [-0.15, -0.1) is 0 Å². The van der Waals surface area contributed by atoms with Crippen molar-refractivity contribution in [1.29, 1.82) is 0 Å². The Bertz CT molecular complexity index is 615. The Kier molecular flexibility index (Phi) is 4.28. The van der Waals surface area contributed by atoms with Crippen LogP contribution in [0.1, 0.15) is 44.2 Å². The Morgan fingerprint density at radius 3 is 2.86 bits per heavy atom. The van der Waals surface area contributed by atoms with Crippen LogP contribution in [-0.2, 0) is 0 Å². The summed E-state index contributed by atoms with van der Waals surface area (Å²) in [4.78, 5) is 4.57. The minimum absolute atomic E-state index is 0.794. The van der Waals surface area contributed by atoms with E-state index in [1.54, 1.807) is 0 Å². The Hall–Kier alpha value is -1.77. The highest BCUT2D eigenvalue weighted by Gasteiger charge is 2.14. The number of rotatable bonds is 5. The molecule has 0 spiro atoms. The first-order chi connectivity index (χ1) is 10.2. The number of nitrogen functional groups attached to an aromatic ring is 1. The Morgan fingerprint density at radius 1 is 1.24 bits per heavy atom. The van der Waals surface area contributed by atoms with Crippen LogP contribution in [0.3, 0.4) is 0 Å². The first-order valence-corrected chi connectivity index (χ1v) is 8.13. The molecule has 0 saturated heterocycles. The average molecular weight is 283 g/mol. The number of hydrogen-bond donors (Lipinski definition) is 2. The molecule has 3 heteroatoms. The second kappa shape index (κ2) is 6.33. The number of aromatic nitrogens is 1. The molecule has 0 bridgehead atoms. The summed E-state index contributed by atoms with van der Waals surface area (Å²) in [5, 5.41) is 4.71. The van der Waals surface area contributed by atoms with Gasteiger partial charge in [0.2, 0.25) is 0 Å². The van der Waals surface area contributed by atoms with E-state index in [1.165, 1.54) is 38.5 Å². The molecule has 1 saturated carbocycles. The summed E-state index contributed by atoms with van der Waals surface area (Å²) in [6.45, 7) is 3.07. The lowest BCUT2D eigenvalue weighted by Crippen LogP contribution is -2.05. The molecule has 21 heavy (non-hydrogen) atoms. The predicted molar refractivity (Wildman–Crippen MR) is 90.6 cm³/mol. The molecule has 1 heterocycles. The van der Waals surface area contributed by atoms with Crippen molar-refractivity contribution in [2.75, 3.05) is 17.6 Å². The zero-order chi connectivity index (χ0) is 14.7. The number of fused-ring (bicyclic) bond motifs is 1. The molecule has 2 aromatic rings. The molecule has 0 unspecified atom stereocenters. The van der Waals surface area contributed by atoms with Gasteiger partial charge in [0.25, 0.3) is 0 Å². The van der Waals surface area contributed by atoms with Crippen LogP contribution in [0, 0.1) is 12.8 Å². The molecule has 0 amide bonds. The van der Waals surface area contributed by atoms with Gasteiger partial charge in [-0.05, 0) is 49.9 Å². The summed E-state index contributed by atoms with van der Waals surface area (Å²) in [6, 6.07) is 8.05. The van der Waals surface area contributed by atoms with Crippen LogP contribution in [0.25, 0.3) is 10.9 Å². The van der Waals surface area contributed by atoms with Crippen LogP contribution >= 0.6 is 0 Å². The molecular formula is C18H25N3. The number of hydrogen-bond acceptors (Lipinski definition) is 3. The van der Waals surface area contributed by atoms with Crippen molar-refractivity contribution < 1.29 is 0 Å². The van der Waals surface area contributed by atoms with Gasteiger partial charge in [0, 0.05) is 29.0 Å². The van der Waals surface area contributed by atoms with Gasteiger partial charge in [0.15, 0.2) is 0 Å². The molecule has 0 atom stereocenters. The molecule has 1 aliphatic carbocycles. The lowest BCUT2D eigenvalue weighted by Gasteiger charge is -2.13. The van der Waals surface area contributed by atoms with E-state index in [2.05, 4.69) is 16.4 Å². The normalized spacial score (nSPS) is 15.7. The van der Waals surface area contributed by atoms with Gasteiger partial charge in [-0.2, -0.15) is 0 Å². The summed E-state index contributed by atoms with van der Waals surface area (Å²) < 4.78 is 0. The van der Waals surface area contributed by atoms with E-state index in [9.17, 15) is 0 Å². The van der Waals surface area contributed by atoms with Crippen molar-refractivity contribution >= 4 is 22.3 Å². The van der Waals surface area contributed by atoms with E-state index in [-0.39, 0.29) is 0 Å². The lowest BCUT2D eigenvalue weighted by atomic mass is 10.0. The van der Waals surface area contributed by atoms with Gasteiger partial charge in [-0.3, -0.25) is 4.98 Å². The fraction of sp³-hybridized carbons (Fsp3) is 0.500. The summed E-state index contributed by atoms with van der Waals surface area (Å²) in [7, 11) is 0. The molecule has 3 N–H and O–H groups in total. The number of benzene rings is 1. The minimum atomic E-state index is 0.794. The van der Waals surface area contributed by atoms with Gasteiger partial charge in [-0.25, -0.2) is 0 Å². The highest BCUT2D eigenvalue weighted by Crippen LogP contribution is 2.29. The molecule has 1 aromatic carbocycles. The molecule has 0 radical (unpaired) electrons. The zero-order valence-corrected chi connectivity index (χ0v) is 12.9. The van der Waals surface area contributed by atoms with Crippen LogP contribution in [-0.4, -0.2) is 11.5 Å². The number of nitrogens with two attached hydrogens (primary N) is 1. The fourth-order valence-electron chi connectivity index (χ4n) is 3.43. The highest BCUT2D eigenvalue weighted by atomic mass is 14.9. The van der Waals surface area contributed by atoms with Crippen LogP contribution in [0.15, 0.2) is 24.3 Å². The Morgan fingerprint density at radius 2 is 2.05 bits per heavy atom. The van der Waals surface area contributed by atoms with Crippen molar-refractivity contribution in [3.63, 3.8) is 0 Å². The number of anilines is 2. The average Bonchev–Trinajstić information content (AvgIpc) is 2.97. The molecule has 112 valence electrons. The van der Waals surface area contributed by atoms with Crippen molar-refractivity contribution in [1.82, 2.24) is 4.98 Å². The van der Waals surface area contributed by atoms with E-state index >= 15 is 0 Å². The monoisotopic (exact) mass is 283 g/mol. The van der Waals surface area contributed by atoms with Gasteiger partial charge in [-0.1, -0.05) is 25.7 Å². The van der Waals surface area contributed by atoms with Crippen molar-refractivity contribution in [2.24, 2.45) is 5.92 Å². The van der Waals surface area contributed by atoms with Crippen LogP contribution in [0.4, 0.5) is 11.4 Å². The predicted octanol–water partition coefficient (Wildman–Crippen LogP) is 4.51. The van der Waals surface area contributed by atoms with Crippen molar-refractivity contribution in [2.45, 2.75) is 45.4 Å². The fourth-order valence-corrected chi connectivity index (χ4v) is 3.43. The number of pyridine rings is 1. The van der Waals surface area contributed by atoms with Crippen LogP contribution < -0.4 is 11.1 Å². The summed E-state index contributed by atoms with van der Waals surface area (Å²) >= 11 is 0. The summed E-state index contributed by atoms with van der Waals surface area (Å²) in [5.74, 6) is 0.971. The first kappa shape index (κ1) is 14.2. The van der Waals surface area contributed by atoms with Crippen LogP contribution in [0.5, 0.6) is 0 Å². The van der Waals surface area contributed by atoms with E-state index in [0.29, 0.717) is 0 Å². The van der Waals surface area contributed by atoms with E-state index in [4.69, 9.17) is 5.73 Å². The third-order valence-corrected chi connectivity index (χ3v) is 4.54. The topological polar surface area (TPSA) is 50.9 Å². The van der Waals surface area contributed by atoms with Gasteiger partial charge in [0.05, 0.1) is 5.52 Å². The molecular weight excluding hydrogens is 258 g/mol. The minimum Gasteiger partial charge on any atom is -0.399 e. The number of aryl methyl sites for hydroxylation is 1. The quantitative estimate of drug-likeness (QED) is 0.627. The summed E-state index contributed by atoms with van der Waals surface area (Å²) in [5.41, 5.74) is 9.93. The maximum atomic E-state index is 5.91. The third-order valence-electron chi connectivity index (χ3n) is 4.54. The van der Waals surface area contributed by atoms with E-state index in [1.807, 2.05) is 25.1 Å². The maximum absolute atomic E-state index is 5.91. The number of nitrogens with zero attached hydrogens (tertiary/aromatic N) is 1. The molecule has 1 fully saturated rings. The van der Waals surface area contributed by atoms with Gasteiger partial charge >= 0.3 is 0 Å². The second-order valence-corrected chi connectivity index (χ2v) is 6.31. The number of nitrogens with one attached hydrogen (secondary N) is 1. The Balaban J connectivity index is 1.66. The first-order valence-electron chi connectivity index (χ1n) is 8.13. The molecule has 0 aliphatic heterocycles. The second-order valence-electron chi connectivity index (χ2n) is 6.31. The standard InChI is InChI=1S/C18H25N3/c1-13-11-18(16-12-15(19)8-9-17(16)21-13)20-10-4-7-14-5-2-3-6-14/h8-9,11-12,14H,2-7,10,19H2,1H3,(H,20,21). The van der Waals surface area contributed by atoms with E-state index < -0.39 is 0 Å². The highest BCUT2D eigenvalue weighted by molar-refractivity contribution is 5.93. The van der Waals surface area contributed by atoms with Crippen molar-refractivity contribution in [3.05, 3.63) is 30.0 Å².